The molecule has 4 aliphatic rings. The van der Waals surface area contributed by atoms with Crippen LogP contribution in [0.1, 0.15) is 85.5 Å². The maximum Gasteiger partial charge on any atom is 0.162 e. The summed E-state index contributed by atoms with van der Waals surface area (Å²) in [5, 5.41) is 22.4. The Morgan fingerprint density at radius 3 is 2.43 bits per heavy atom. The third-order valence-corrected chi connectivity index (χ3v) is 10.6. The van der Waals surface area contributed by atoms with Gasteiger partial charge in [-0.1, -0.05) is 20.8 Å². The molecule has 4 saturated carbocycles. The Labute approximate surface area is 180 Å². The molecule has 1 aromatic rings. The highest BCUT2D eigenvalue weighted by Gasteiger charge is 2.66. The highest BCUT2D eigenvalue weighted by atomic mass is 16.3. The van der Waals surface area contributed by atoms with Gasteiger partial charge in [0.2, 0.25) is 0 Å². The van der Waals surface area contributed by atoms with E-state index in [2.05, 4.69) is 36.2 Å². The van der Waals surface area contributed by atoms with E-state index in [1.807, 2.05) is 6.92 Å². The molecule has 5 rings (SSSR count). The molecule has 4 fully saturated rings. The molecular formula is C24H38N4O2. The SMILES string of the molecule is CC12CC[C@@H]3[C@@]4(C)CC[C@@](C)(O)C[C@@H]4CC[C@@]3(C)[C@@H]1CC[C@@H]2C(=O)Cn1ncnn1. The van der Waals surface area contributed by atoms with E-state index >= 15 is 0 Å². The van der Waals surface area contributed by atoms with Gasteiger partial charge >= 0.3 is 0 Å². The molecule has 8 atom stereocenters. The van der Waals surface area contributed by atoms with Crippen LogP contribution in [0.4, 0.5) is 0 Å². The number of tetrazole rings is 1. The second kappa shape index (κ2) is 6.60. The third-order valence-electron chi connectivity index (χ3n) is 10.6. The van der Waals surface area contributed by atoms with Gasteiger partial charge in [0.05, 0.1) is 5.60 Å². The fraction of sp³-hybridized carbons (Fsp3) is 0.917. The van der Waals surface area contributed by atoms with Gasteiger partial charge in [0.15, 0.2) is 12.1 Å². The summed E-state index contributed by atoms with van der Waals surface area (Å²) in [4.78, 5) is 14.7. The Hall–Kier alpha value is -1.30. The molecule has 0 saturated heterocycles. The van der Waals surface area contributed by atoms with E-state index in [1.54, 1.807) is 0 Å². The predicted molar refractivity (Wildman–Crippen MR) is 113 cm³/mol. The smallest absolute Gasteiger partial charge is 0.162 e. The number of hydrogen-bond acceptors (Lipinski definition) is 5. The molecule has 1 heterocycles. The molecule has 0 radical (unpaired) electrons. The van der Waals surface area contributed by atoms with Gasteiger partial charge in [-0.3, -0.25) is 4.79 Å². The van der Waals surface area contributed by atoms with Gasteiger partial charge in [0.25, 0.3) is 0 Å². The summed E-state index contributed by atoms with van der Waals surface area (Å²) < 4.78 is 0. The molecular weight excluding hydrogens is 376 g/mol. The Morgan fingerprint density at radius 2 is 1.70 bits per heavy atom. The number of Topliss-reactive ketones (excluding diaryl/α,β-unsaturated/α-hetero) is 1. The van der Waals surface area contributed by atoms with Crippen LogP contribution in [0, 0.1) is 39.9 Å². The van der Waals surface area contributed by atoms with Gasteiger partial charge in [-0.2, -0.15) is 4.80 Å². The molecule has 4 aliphatic carbocycles. The number of carbonyl (C=O) groups is 1. The van der Waals surface area contributed by atoms with Crippen molar-refractivity contribution in [3.05, 3.63) is 6.33 Å². The molecule has 0 amide bonds. The molecule has 6 nitrogen and oxygen atoms in total. The van der Waals surface area contributed by atoms with Gasteiger partial charge in [-0.15, -0.1) is 10.2 Å². The predicted octanol–water partition coefficient (Wildman–Crippen LogP) is 4.04. The molecule has 1 N–H and O–H groups in total. The molecule has 166 valence electrons. The van der Waals surface area contributed by atoms with Crippen LogP contribution in [0.3, 0.4) is 0 Å². The quantitative estimate of drug-likeness (QED) is 0.807. The fourth-order valence-corrected chi connectivity index (χ4v) is 9.15. The monoisotopic (exact) mass is 414 g/mol. The lowest BCUT2D eigenvalue weighted by atomic mass is 9.39. The minimum atomic E-state index is -0.485. The molecule has 0 aromatic carbocycles. The Balaban J connectivity index is 1.40. The second-order valence-corrected chi connectivity index (χ2v) is 12.2. The van der Waals surface area contributed by atoms with Crippen molar-refractivity contribution < 1.29 is 9.90 Å². The molecule has 6 heteroatoms. The minimum Gasteiger partial charge on any atom is -0.390 e. The van der Waals surface area contributed by atoms with Crippen LogP contribution in [0.15, 0.2) is 6.33 Å². The van der Waals surface area contributed by atoms with E-state index < -0.39 is 5.60 Å². The summed E-state index contributed by atoms with van der Waals surface area (Å²) in [6.45, 7) is 9.78. The van der Waals surface area contributed by atoms with Crippen LogP contribution in [0.2, 0.25) is 0 Å². The summed E-state index contributed by atoms with van der Waals surface area (Å²) in [5.74, 6) is 2.36. The maximum atomic E-state index is 13.2. The van der Waals surface area contributed by atoms with E-state index in [0.29, 0.717) is 28.6 Å². The zero-order chi connectivity index (χ0) is 21.4. The van der Waals surface area contributed by atoms with Crippen LogP contribution in [-0.2, 0) is 11.3 Å². The number of ketones is 1. The minimum absolute atomic E-state index is 0.0896. The lowest BCUT2D eigenvalue weighted by Crippen LogP contribution is -2.60. The number of aliphatic hydroxyl groups is 1. The number of nitrogens with zero attached hydrogens (tertiary/aromatic N) is 4. The first-order valence-corrected chi connectivity index (χ1v) is 12.0. The standard InChI is InChI=1S/C24H38N4O2/c1-21(30)11-12-22(2)16(13-21)7-9-24(4)19-6-5-17(23(19,3)10-8-20(22)24)18(29)14-28-26-15-25-27-28/h15-17,19-20,30H,5-14H2,1-4H3/t16-,17+,19+,20+,21+,22-,23?,24-/m0/s1. The summed E-state index contributed by atoms with van der Waals surface area (Å²) in [6.07, 6.45) is 11.5. The molecule has 1 unspecified atom stereocenters. The first-order valence-electron chi connectivity index (χ1n) is 12.0. The lowest BCUT2D eigenvalue weighted by Gasteiger charge is -2.66. The van der Waals surface area contributed by atoms with E-state index in [-0.39, 0.29) is 23.7 Å². The van der Waals surface area contributed by atoms with Crippen molar-refractivity contribution in [2.24, 2.45) is 39.9 Å². The van der Waals surface area contributed by atoms with Crippen LogP contribution < -0.4 is 0 Å². The second-order valence-electron chi connectivity index (χ2n) is 12.2. The van der Waals surface area contributed by atoms with Crippen molar-refractivity contribution in [1.82, 2.24) is 20.2 Å². The van der Waals surface area contributed by atoms with Crippen molar-refractivity contribution in [2.45, 2.75) is 97.6 Å². The lowest BCUT2D eigenvalue weighted by molar-refractivity contribution is -0.186. The molecule has 0 bridgehead atoms. The number of carbonyl (C=O) groups excluding carboxylic acids is 1. The van der Waals surface area contributed by atoms with Crippen molar-refractivity contribution in [3.8, 4) is 0 Å². The third kappa shape index (κ3) is 2.85. The zero-order valence-corrected chi connectivity index (χ0v) is 19.1. The van der Waals surface area contributed by atoms with Gasteiger partial charge in [0.1, 0.15) is 6.54 Å². The highest BCUT2D eigenvalue weighted by Crippen LogP contribution is 2.72. The first kappa shape index (κ1) is 20.6. The summed E-state index contributed by atoms with van der Waals surface area (Å²) in [5.41, 5.74) is 0.249. The average molecular weight is 415 g/mol. The van der Waals surface area contributed by atoms with Crippen molar-refractivity contribution in [3.63, 3.8) is 0 Å². The zero-order valence-electron chi connectivity index (χ0n) is 19.1. The van der Waals surface area contributed by atoms with Gasteiger partial charge in [-0.05, 0) is 104 Å². The molecule has 0 spiro atoms. The Kier molecular flexibility index (Phi) is 4.53. The summed E-state index contributed by atoms with van der Waals surface area (Å²) >= 11 is 0. The van der Waals surface area contributed by atoms with Crippen LogP contribution in [0.5, 0.6) is 0 Å². The van der Waals surface area contributed by atoms with Crippen LogP contribution in [-0.4, -0.2) is 36.7 Å². The van der Waals surface area contributed by atoms with Crippen LogP contribution in [0.25, 0.3) is 0 Å². The summed E-state index contributed by atoms with van der Waals surface area (Å²) in [7, 11) is 0. The number of aromatic nitrogens is 4. The summed E-state index contributed by atoms with van der Waals surface area (Å²) in [6, 6.07) is 0. The highest BCUT2D eigenvalue weighted by molar-refractivity contribution is 5.82. The van der Waals surface area contributed by atoms with E-state index in [9.17, 15) is 9.90 Å². The Bertz CT molecular complexity index is 823. The largest absolute Gasteiger partial charge is 0.390 e. The van der Waals surface area contributed by atoms with Crippen molar-refractivity contribution in [1.29, 1.82) is 0 Å². The average Bonchev–Trinajstić information content (AvgIpc) is 3.30. The fourth-order valence-electron chi connectivity index (χ4n) is 9.15. The number of rotatable bonds is 3. The normalized spacial score (nSPS) is 50.4. The van der Waals surface area contributed by atoms with E-state index in [1.165, 1.54) is 36.8 Å². The number of fused-ring (bicyclic) bond motifs is 5. The Morgan fingerprint density at radius 1 is 0.967 bits per heavy atom. The van der Waals surface area contributed by atoms with Crippen molar-refractivity contribution in [2.75, 3.05) is 0 Å². The van der Waals surface area contributed by atoms with Crippen molar-refractivity contribution >= 4 is 5.78 Å². The number of hydrogen-bond donors (Lipinski definition) is 1. The van der Waals surface area contributed by atoms with Gasteiger partial charge in [-0.25, -0.2) is 0 Å². The maximum absolute atomic E-state index is 13.2. The van der Waals surface area contributed by atoms with E-state index in [4.69, 9.17) is 0 Å². The molecule has 0 aliphatic heterocycles. The topological polar surface area (TPSA) is 80.9 Å². The van der Waals surface area contributed by atoms with E-state index in [0.717, 1.165) is 32.1 Å². The first-order chi connectivity index (χ1) is 14.1. The van der Waals surface area contributed by atoms with Gasteiger partial charge in [0, 0.05) is 5.92 Å². The van der Waals surface area contributed by atoms with Gasteiger partial charge < -0.3 is 5.11 Å². The van der Waals surface area contributed by atoms with Crippen LogP contribution >= 0.6 is 0 Å². The molecule has 1 aromatic heterocycles. The molecule has 30 heavy (non-hydrogen) atoms.